The molecule has 0 amide bonds. The molecule has 1 aromatic carbocycles. The predicted molar refractivity (Wildman–Crippen MR) is 81.8 cm³/mol. The number of nitrogens with zero attached hydrogens (tertiary/aromatic N) is 5. The number of hydrogen-bond donors (Lipinski definition) is 0. The van der Waals surface area contributed by atoms with Crippen molar-refractivity contribution in [2.24, 2.45) is 0 Å². The monoisotopic (exact) mass is 305 g/mol. The maximum atomic E-state index is 9.29. The van der Waals surface area contributed by atoms with Crippen molar-refractivity contribution >= 4 is 0 Å². The van der Waals surface area contributed by atoms with E-state index in [1.54, 1.807) is 6.92 Å². The second-order valence-electron chi connectivity index (χ2n) is 4.95. The molecule has 1 atom stereocenters. The summed E-state index contributed by atoms with van der Waals surface area (Å²) in [4.78, 5) is 4.12. The van der Waals surface area contributed by atoms with E-state index < -0.39 is 5.92 Å². The normalized spacial score (nSPS) is 11.2. The molecule has 0 saturated carbocycles. The van der Waals surface area contributed by atoms with E-state index in [0.717, 1.165) is 12.0 Å². The van der Waals surface area contributed by atoms with E-state index in [1.807, 2.05) is 48.7 Å². The summed E-state index contributed by atoms with van der Waals surface area (Å²) in [5, 5.41) is 27.5. The van der Waals surface area contributed by atoms with Gasteiger partial charge in [0.2, 0.25) is 0 Å². The number of rotatable bonds is 6. The van der Waals surface area contributed by atoms with Crippen LogP contribution >= 0.6 is 0 Å². The summed E-state index contributed by atoms with van der Waals surface area (Å²) in [6.07, 6.45) is 2.72. The highest BCUT2D eigenvalue weighted by Gasteiger charge is 2.21. The van der Waals surface area contributed by atoms with Gasteiger partial charge in [-0.2, -0.15) is 15.8 Å². The molecule has 23 heavy (non-hydrogen) atoms. The average Bonchev–Trinajstić information content (AvgIpc) is 2.96. The van der Waals surface area contributed by atoms with Crippen molar-refractivity contribution in [1.82, 2.24) is 9.55 Å². The predicted octanol–water partition coefficient (Wildman–Crippen LogP) is 2.47. The second kappa shape index (κ2) is 7.75. The number of aromatic nitrogens is 2. The van der Waals surface area contributed by atoms with Crippen LogP contribution in [0.3, 0.4) is 0 Å². The SMILES string of the molecule is CC(C#N)c1c(C#N)nc(COCCc2ccccc2)n1C#N. The van der Waals surface area contributed by atoms with Crippen molar-refractivity contribution in [3.8, 4) is 18.3 Å². The molecule has 114 valence electrons. The van der Waals surface area contributed by atoms with Gasteiger partial charge in [-0.1, -0.05) is 30.3 Å². The Morgan fingerprint density at radius 3 is 2.57 bits per heavy atom. The quantitative estimate of drug-likeness (QED) is 0.763. The first-order chi connectivity index (χ1) is 11.2. The summed E-state index contributed by atoms with van der Waals surface area (Å²) < 4.78 is 6.78. The zero-order valence-electron chi connectivity index (χ0n) is 12.7. The number of nitriles is 3. The lowest BCUT2D eigenvalue weighted by Crippen LogP contribution is -2.07. The molecule has 1 unspecified atom stereocenters. The second-order valence-corrected chi connectivity index (χ2v) is 4.95. The van der Waals surface area contributed by atoms with E-state index in [1.165, 1.54) is 4.57 Å². The molecule has 0 saturated heterocycles. The van der Waals surface area contributed by atoms with Gasteiger partial charge < -0.3 is 4.74 Å². The van der Waals surface area contributed by atoms with Gasteiger partial charge in [0.05, 0.1) is 24.3 Å². The molecule has 2 rings (SSSR count). The van der Waals surface area contributed by atoms with Crippen LogP contribution in [0, 0.1) is 34.1 Å². The summed E-state index contributed by atoms with van der Waals surface area (Å²) in [5.41, 5.74) is 1.58. The lowest BCUT2D eigenvalue weighted by atomic mass is 10.1. The van der Waals surface area contributed by atoms with Gasteiger partial charge in [-0.3, -0.25) is 0 Å². The summed E-state index contributed by atoms with van der Waals surface area (Å²) in [5.74, 6) is -0.246. The van der Waals surface area contributed by atoms with Gasteiger partial charge in [0.15, 0.2) is 11.9 Å². The minimum atomic E-state index is -0.588. The fourth-order valence-electron chi connectivity index (χ4n) is 2.23. The Bertz CT molecular complexity index is 789. The highest BCUT2D eigenvalue weighted by atomic mass is 16.5. The Morgan fingerprint density at radius 2 is 1.96 bits per heavy atom. The van der Waals surface area contributed by atoms with Crippen LogP contribution in [0.4, 0.5) is 0 Å². The van der Waals surface area contributed by atoms with E-state index in [2.05, 4.69) is 4.98 Å². The van der Waals surface area contributed by atoms with Crippen LogP contribution in [0.2, 0.25) is 0 Å². The molecule has 0 aliphatic carbocycles. The fourth-order valence-corrected chi connectivity index (χ4v) is 2.23. The summed E-state index contributed by atoms with van der Waals surface area (Å²) in [7, 11) is 0. The van der Waals surface area contributed by atoms with Crippen molar-refractivity contribution in [3.05, 3.63) is 53.1 Å². The molecular weight excluding hydrogens is 290 g/mol. The van der Waals surface area contributed by atoms with Crippen LogP contribution < -0.4 is 0 Å². The van der Waals surface area contributed by atoms with Gasteiger partial charge in [0, 0.05) is 0 Å². The number of benzene rings is 1. The smallest absolute Gasteiger partial charge is 0.190 e. The van der Waals surface area contributed by atoms with E-state index in [4.69, 9.17) is 15.3 Å². The van der Waals surface area contributed by atoms with E-state index in [0.29, 0.717) is 18.1 Å². The van der Waals surface area contributed by atoms with Crippen molar-refractivity contribution in [3.63, 3.8) is 0 Å². The lowest BCUT2D eigenvalue weighted by Gasteiger charge is -2.06. The standard InChI is InChI=1S/C17H15N5O/c1-13(9-18)17-15(10-19)21-16(22(17)12-20)11-23-8-7-14-5-3-2-4-6-14/h2-6,13H,7-8,11H2,1H3. The van der Waals surface area contributed by atoms with Crippen LogP contribution in [0.1, 0.15) is 35.6 Å². The van der Waals surface area contributed by atoms with E-state index in [-0.39, 0.29) is 12.3 Å². The summed E-state index contributed by atoms with van der Waals surface area (Å²) >= 11 is 0. The van der Waals surface area contributed by atoms with Crippen molar-refractivity contribution < 1.29 is 4.74 Å². The third-order valence-corrected chi connectivity index (χ3v) is 3.40. The van der Waals surface area contributed by atoms with Gasteiger partial charge in [0.1, 0.15) is 18.5 Å². The van der Waals surface area contributed by atoms with Crippen LogP contribution in [0.15, 0.2) is 30.3 Å². The number of imidazole rings is 1. The van der Waals surface area contributed by atoms with Crippen molar-refractivity contribution in [2.45, 2.75) is 25.9 Å². The molecule has 6 heteroatoms. The fraction of sp³-hybridized carbons (Fsp3) is 0.294. The maximum absolute atomic E-state index is 9.29. The maximum Gasteiger partial charge on any atom is 0.190 e. The minimum Gasteiger partial charge on any atom is -0.373 e. The largest absolute Gasteiger partial charge is 0.373 e. The van der Waals surface area contributed by atoms with E-state index >= 15 is 0 Å². The molecule has 2 aromatic rings. The molecule has 0 N–H and O–H groups in total. The van der Waals surface area contributed by atoms with Gasteiger partial charge >= 0.3 is 0 Å². The first-order valence-corrected chi connectivity index (χ1v) is 7.14. The lowest BCUT2D eigenvalue weighted by molar-refractivity contribution is 0.117. The molecule has 0 aliphatic heterocycles. The Hall–Kier alpha value is -3.14. The molecule has 0 spiro atoms. The van der Waals surface area contributed by atoms with E-state index in [9.17, 15) is 5.26 Å². The Labute approximate surface area is 134 Å². The highest BCUT2D eigenvalue weighted by Crippen LogP contribution is 2.20. The Morgan fingerprint density at radius 1 is 1.22 bits per heavy atom. The first-order valence-electron chi connectivity index (χ1n) is 7.14. The van der Waals surface area contributed by atoms with Crippen LogP contribution in [0.25, 0.3) is 0 Å². The molecular formula is C17H15N5O. The number of hydrogen-bond acceptors (Lipinski definition) is 5. The van der Waals surface area contributed by atoms with Crippen LogP contribution in [-0.4, -0.2) is 16.2 Å². The van der Waals surface area contributed by atoms with Crippen LogP contribution in [-0.2, 0) is 17.8 Å². The summed E-state index contributed by atoms with van der Waals surface area (Å²) in [6, 6.07) is 13.9. The third kappa shape index (κ3) is 3.74. The third-order valence-electron chi connectivity index (χ3n) is 3.40. The van der Waals surface area contributed by atoms with Gasteiger partial charge in [-0.15, -0.1) is 0 Å². The Kier molecular flexibility index (Phi) is 5.47. The van der Waals surface area contributed by atoms with Crippen molar-refractivity contribution in [1.29, 1.82) is 15.8 Å². The zero-order valence-corrected chi connectivity index (χ0v) is 12.7. The Balaban J connectivity index is 2.06. The molecule has 1 aromatic heterocycles. The first kappa shape index (κ1) is 16.2. The van der Waals surface area contributed by atoms with Gasteiger partial charge in [-0.25, -0.2) is 9.55 Å². The van der Waals surface area contributed by atoms with Gasteiger partial charge in [0.25, 0.3) is 0 Å². The zero-order chi connectivity index (χ0) is 16.7. The number of ether oxygens (including phenoxy) is 1. The molecule has 1 heterocycles. The minimum absolute atomic E-state index is 0.0993. The van der Waals surface area contributed by atoms with Crippen molar-refractivity contribution in [2.75, 3.05) is 6.61 Å². The topological polar surface area (TPSA) is 98.4 Å². The van der Waals surface area contributed by atoms with Crippen LogP contribution in [0.5, 0.6) is 0 Å². The molecule has 0 fully saturated rings. The average molecular weight is 305 g/mol. The summed E-state index contributed by atoms with van der Waals surface area (Å²) in [6.45, 7) is 2.23. The van der Waals surface area contributed by atoms with Gasteiger partial charge in [-0.05, 0) is 18.9 Å². The molecule has 0 bridgehead atoms. The molecule has 6 nitrogen and oxygen atoms in total. The highest BCUT2D eigenvalue weighted by molar-refractivity contribution is 5.36. The molecule has 0 radical (unpaired) electrons. The molecule has 0 aliphatic rings.